The molecule has 21 heavy (non-hydrogen) atoms. The predicted molar refractivity (Wildman–Crippen MR) is 90.9 cm³/mol. The van der Waals surface area contributed by atoms with E-state index in [1.54, 1.807) is 0 Å². The topological polar surface area (TPSA) is 29.9 Å². The van der Waals surface area contributed by atoms with Crippen molar-refractivity contribution in [2.24, 2.45) is 0 Å². The third-order valence-electron chi connectivity index (χ3n) is 3.73. The summed E-state index contributed by atoms with van der Waals surface area (Å²) in [5, 5.41) is 10.2. The van der Waals surface area contributed by atoms with E-state index in [1.807, 2.05) is 22.2 Å². The molecular weight excluding hydrogens is 278 g/mol. The van der Waals surface area contributed by atoms with E-state index in [0.717, 1.165) is 19.5 Å². The normalized spacial score (nSPS) is 12.7. The Morgan fingerprint density at radius 1 is 1.38 bits per heavy atom. The summed E-state index contributed by atoms with van der Waals surface area (Å²) in [6, 6.07) is 4.95. The first kappa shape index (κ1) is 16.2. The zero-order valence-electron chi connectivity index (χ0n) is 13.2. The number of nitrogens with one attached hydrogen (secondary N) is 1. The molecule has 1 atom stereocenters. The van der Waals surface area contributed by atoms with E-state index >= 15 is 0 Å². The molecule has 1 unspecified atom stereocenters. The first-order valence-corrected chi connectivity index (χ1v) is 8.96. The van der Waals surface area contributed by atoms with Crippen molar-refractivity contribution in [2.45, 2.75) is 58.5 Å². The predicted octanol–water partition coefficient (Wildman–Crippen LogP) is 3.90. The quantitative estimate of drug-likeness (QED) is 0.721. The Morgan fingerprint density at radius 2 is 2.29 bits per heavy atom. The first-order valence-electron chi connectivity index (χ1n) is 8.09. The van der Waals surface area contributed by atoms with Crippen LogP contribution in [0.4, 0.5) is 0 Å². The van der Waals surface area contributed by atoms with Crippen LogP contribution in [-0.2, 0) is 19.4 Å². The van der Waals surface area contributed by atoms with Gasteiger partial charge in [0.15, 0.2) is 0 Å². The molecule has 2 aromatic rings. The molecule has 0 saturated heterocycles. The van der Waals surface area contributed by atoms with Gasteiger partial charge in [-0.2, -0.15) is 5.10 Å². The molecule has 0 aromatic carbocycles. The Bertz CT molecular complexity index is 490. The molecule has 0 radical (unpaired) electrons. The van der Waals surface area contributed by atoms with E-state index < -0.39 is 0 Å². The maximum Gasteiger partial charge on any atom is 0.0522 e. The van der Waals surface area contributed by atoms with Crippen molar-refractivity contribution in [3.63, 3.8) is 0 Å². The van der Waals surface area contributed by atoms with Crippen molar-refractivity contribution in [3.8, 4) is 0 Å². The Balaban J connectivity index is 1.81. The van der Waals surface area contributed by atoms with Crippen LogP contribution in [0.3, 0.4) is 0 Å². The van der Waals surface area contributed by atoms with Crippen molar-refractivity contribution < 1.29 is 0 Å². The molecule has 4 heteroatoms. The van der Waals surface area contributed by atoms with E-state index in [0.29, 0.717) is 6.04 Å². The van der Waals surface area contributed by atoms with Crippen LogP contribution in [0, 0.1) is 0 Å². The second kappa shape index (κ2) is 9.00. The Morgan fingerprint density at radius 3 is 2.95 bits per heavy atom. The number of hydrogen-bond donors (Lipinski definition) is 1. The summed E-state index contributed by atoms with van der Waals surface area (Å²) in [5.41, 5.74) is 1.35. The van der Waals surface area contributed by atoms with Gasteiger partial charge in [0.25, 0.3) is 0 Å². The summed E-state index contributed by atoms with van der Waals surface area (Å²) < 4.78 is 2.01. The number of rotatable bonds is 10. The van der Waals surface area contributed by atoms with Crippen molar-refractivity contribution in [1.29, 1.82) is 0 Å². The van der Waals surface area contributed by atoms with Gasteiger partial charge < -0.3 is 5.32 Å². The van der Waals surface area contributed by atoms with Crippen molar-refractivity contribution in [1.82, 2.24) is 15.1 Å². The van der Waals surface area contributed by atoms with Gasteiger partial charge >= 0.3 is 0 Å². The Kier molecular flexibility index (Phi) is 6.96. The minimum absolute atomic E-state index is 0.569. The Hall–Kier alpha value is -1.13. The number of aryl methyl sites for hydroxylation is 2. The fraction of sp³-hybridized carbons (Fsp3) is 0.588. The van der Waals surface area contributed by atoms with Gasteiger partial charge in [0.2, 0.25) is 0 Å². The van der Waals surface area contributed by atoms with Crippen LogP contribution in [0.5, 0.6) is 0 Å². The molecule has 0 aliphatic carbocycles. The van der Waals surface area contributed by atoms with Gasteiger partial charge in [-0.15, -0.1) is 11.3 Å². The van der Waals surface area contributed by atoms with Gasteiger partial charge in [0.1, 0.15) is 0 Å². The van der Waals surface area contributed by atoms with Gasteiger partial charge in [-0.1, -0.05) is 13.0 Å². The van der Waals surface area contributed by atoms with Gasteiger partial charge in [-0.25, -0.2) is 0 Å². The summed E-state index contributed by atoms with van der Waals surface area (Å²) in [7, 11) is 0. The average Bonchev–Trinajstić information content (AvgIpc) is 3.15. The molecule has 0 aliphatic heterocycles. The van der Waals surface area contributed by atoms with E-state index in [9.17, 15) is 0 Å². The highest BCUT2D eigenvalue weighted by molar-refractivity contribution is 7.09. The largest absolute Gasteiger partial charge is 0.314 e. The maximum atomic E-state index is 4.38. The van der Waals surface area contributed by atoms with Crippen LogP contribution in [0.25, 0.3) is 0 Å². The standard InChI is InChI=1S/C17H27N3S/c1-3-10-18-16(7-5-8-17-9-6-11-21-17)12-15-13-19-20(4-2)14-15/h6,9,11,13-14,16,18H,3-5,7-8,10,12H2,1-2H3. The molecular formula is C17H27N3S. The molecule has 1 N–H and O–H groups in total. The lowest BCUT2D eigenvalue weighted by molar-refractivity contribution is 0.465. The highest BCUT2D eigenvalue weighted by Gasteiger charge is 2.10. The molecule has 0 aliphatic rings. The zero-order chi connectivity index (χ0) is 14.9. The summed E-state index contributed by atoms with van der Waals surface area (Å²) in [6.07, 6.45) is 10.2. The van der Waals surface area contributed by atoms with Crippen LogP contribution >= 0.6 is 11.3 Å². The van der Waals surface area contributed by atoms with Crippen LogP contribution in [0.2, 0.25) is 0 Å². The Labute approximate surface area is 132 Å². The molecule has 3 nitrogen and oxygen atoms in total. The first-order chi connectivity index (χ1) is 10.3. The molecule has 0 bridgehead atoms. The fourth-order valence-corrected chi connectivity index (χ4v) is 3.32. The fourth-order valence-electron chi connectivity index (χ4n) is 2.57. The van der Waals surface area contributed by atoms with E-state index in [-0.39, 0.29) is 0 Å². The molecule has 2 heterocycles. The SMILES string of the molecule is CCCNC(CCCc1cccs1)Cc1cnn(CC)c1. The highest BCUT2D eigenvalue weighted by atomic mass is 32.1. The van der Waals surface area contributed by atoms with E-state index in [1.165, 1.54) is 36.1 Å². The van der Waals surface area contributed by atoms with Crippen LogP contribution in [-0.4, -0.2) is 22.4 Å². The summed E-state index contributed by atoms with van der Waals surface area (Å²) in [6.45, 7) is 6.41. The summed E-state index contributed by atoms with van der Waals surface area (Å²) in [4.78, 5) is 1.50. The molecule has 2 aromatic heterocycles. The van der Waals surface area contributed by atoms with Crippen LogP contribution < -0.4 is 5.32 Å². The van der Waals surface area contributed by atoms with Gasteiger partial charge in [0, 0.05) is 23.7 Å². The van der Waals surface area contributed by atoms with Gasteiger partial charge in [-0.05, 0) is 62.6 Å². The number of thiophene rings is 1. The maximum absolute atomic E-state index is 4.38. The van der Waals surface area contributed by atoms with Crippen LogP contribution in [0.15, 0.2) is 29.9 Å². The lowest BCUT2D eigenvalue weighted by Gasteiger charge is -2.17. The highest BCUT2D eigenvalue weighted by Crippen LogP contribution is 2.14. The molecule has 0 amide bonds. The third kappa shape index (κ3) is 5.64. The van der Waals surface area contributed by atoms with Gasteiger partial charge in [-0.3, -0.25) is 4.68 Å². The van der Waals surface area contributed by atoms with Crippen molar-refractivity contribution in [3.05, 3.63) is 40.3 Å². The second-order valence-electron chi connectivity index (χ2n) is 5.53. The average molecular weight is 305 g/mol. The van der Waals surface area contributed by atoms with Crippen molar-refractivity contribution in [2.75, 3.05) is 6.54 Å². The molecule has 2 rings (SSSR count). The minimum Gasteiger partial charge on any atom is -0.314 e. The monoisotopic (exact) mass is 305 g/mol. The third-order valence-corrected chi connectivity index (χ3v) is 4.67. The van der Waals surface area contributed by atoms with E-state index in [2.05, 4.69) is 48.0 Å². The lowest BCUT2D eigenvalue weighted by atomic mass is 10.0. The molecule has 0 saturated carbocycles. The number of nitrogens with zero attached hydrogens (tertiary/aromatic N) is 2. The summed E-state index contributed by atoms with van der Waals surface area (Å²) >= 11 is 1.87. The zero-order valence-corrected chi connectivity index (χ0v) is 14.0. The minimum atomic E-state index is 0.569. The van der Waals surface area contributed by atoms with Crippen molar-refractivity contribution >= 4 is 11.3 Å². The van der Waals surface area contributed by atoms with Gasteiger partial charge in [0.05, 0.1) is 6.20 Å². The molecule has 0 fully saturated rings. The summed E-state index contributed by atoms with van der Waals surface area (Å²) in [5.74, 6) is 0. The second-order valence-corrected chi connectivity index (χ2v) is 6.56. The number of hydrogen-bond acceptors (Lipinski definition) is 3. The molecule has 116 valence electrons. The number of aromatic nitrogens is 2. The van der Waals surface area contributed by atoms with Crippen LogP contribution in [0.1, 0.15) is 43.6 Å². The molecule has 0 spiro atoms. The lowest BCUT2D eigenvalue weighted by Crippen LogP contribution is -2.31. The smallest absolute Gasteiger partial charge is 0.0522 e. The van der Waals surface area contributed by atoms with E-state index in [4.69, 9.17) is 0 Å².